The minimum Gasteiger partial charge on any atom is -0.493 e. The van der Waals surface area contributed by atoms with Gasteiger partial charge in [-0.1, -0.05) is 0 Å². The van der Waals surface area contributed by atoms with Crippen molar-refractivity contribution in [3.8, 4) is 5.75 Å². The smallest absolute Gasteiger partial charge is 0.122 e. The van der Waals surface area contributed by atoms with Crippen LogP contribution in [0.2, 0.25) is 0 Å². The molecule has 3 nitrogen and oxygen atoms in total. The summed E-state index contributed by atoms with van der Waals surface area (Å²) in [5.74, 6) is 1.06. The standard InChI is InChI=1S/C14H19NO2/c1-2-12(6-8-16-7-1)15-13-3-4-14-11(10-13)5-9-17-14/h3-4,10,12,15H,1-2,5-9H2. The maximum atomic E-state index is 5.52. The molecule has 0 radical (unpaired) electrons. The predicted molar refractivity (Wildman–Crippen MR) is 67.7 cm³/mol. The molecule has 0 spiro atoms. The number of fused-ring (bicyclic) bond motifs is 1. The van der Waals surface area contributed by atoms with Gasteiger partial charge in [-0.15, -0.1) is 0 Å². The molecule has 2 heterocycles. The molecule has 2 aliphatic heterocycles. The molecule has 17 heavy (non-hydrogen) atoms. The van der Waals surface area contributed by atoms with Crippen molar-refractivity contribution in [3.05, 3.63) is 23.8 Å². The molecule has 0 saturated carbocycles. The largest absolute Gasteiger partial charge is 0.493 e. The van der Waals surface area contributed by atoms with Crippen LogP contribution >= 0.6 is 0 Å². The topological polar surface area (TPSA) is 30.5 Å². The SMILES string of the molecule is c1cc2c(cc1NC1CCCOCC1)CCO2. The summed E-state index contributed by atoms with van der Waals surface area (Å²) in [5, 5.41) is 3.62. The Bertz CT molecular complexity index is 384. The molecule has 3 rings (SSSR count). The lowest BCUT2D eigenvalue weighted by Crippen LogP contribution is -2.19. The Morgan fingerprint density at radius 2 is 2.12 bits per heavy atom. The highest BCUT2D eigenvalue weighted by atomic mass is 16.5. The van der Waals surface area contributed by atoms with Crippen LogP contribution in [0, 0.1) is 0 Å². The molecule has 1 fully saturated rings. The third-order valence-corrected chi connectivity index (χ3v) is 3.51. The fourth-order valence-electron chi connectivity index (χ4n) is 2.56. The molecule has 2 aliphatic rings. The number of benzene rings is 1. The van der Waals surface area contributed by atoms with Gasteiger partial charge in [-0.05, 0) is 43.0 Å². The molecule has 92 valence electrons. The summed E-state index contributed by atoms with van der Waals surface area (Å²) < 4.78 is 11.0. The molecule has 1 N–H and O–H groups in total. The first-order valence-corrected chi connectivity index (χ1v) is 6.52. The van der Waals surface area contributed by atoms with E-state index in [0.29, 0.717) is 6.04 Å². The van der Waals surface area contributed by atoms with Crippen molar-refractivity contribution in [2.24, 2.45) is 0 Å². The lowest BCUT2D eigenvalue weighted by molar-refractivity contribution is 0.144. The zero-order chi connectivity index (χ0) is 11.5. The second kappa shape index (κ2) is 4.96. The van der Waals surface area contributed by atoms with Gasteiger partial charge >= 0.3 is 0 Å². The summed E-state index contributed by atoms with van der Waals surface area (Å²) in [5.41, 5.74) is 2.56. The molecule has 3 heteroatoms. The van der Waals surface area contributed by atoms with Crippen molar-refractivity contribution in [1.82, 2.24) is 0 Å². The van der Waals surface area contributed by atoms with Gasteiger partial charge in [-0.25, -0.2) is 0 Å². The normalized spacial score (nSPS) is 23.6. The van der Waals surface area contributed by atoms with Gasteiger partial charge in [0.1, 0.15) is 5.75 Å². The van der Waals surface area contributed by atoms with Gasteiger partial charge in [0, 0.05) is 31.4 Å². The van der Waals surface area contributed by atoms with E-state index in [1.54, 1.807) is 0 Å². The lowest BCUT2D eigenvalue weighted by atomic mass is 10.1. The van der Waals surface area contributed by atoms with E-state index in [1.165, 1.54) is 17.7 Å². The van der Waals surface area contributed by atoms with E-state index in [4.69, 9.17) is 9.47 Å². The molecular formula is C14H19NO2. The third kappa shape index (κ3) is 2.55. The van der Waals surface area contributed by atoms with Crippen LogP contribution in [0.15, 0.2) is 18.2 Å². The zero-order valence-corrected chi connectivity index (χ0v) is 10.1. The number of nitrogens with one attached hydrogen (secondary N) is 1. The summed E-state index contributed by atoms with van der Waals surface area (Å²) in [6.45, 7) is 2.62. The Balaban J connectivity index is 1.67. The highest BCUT2D eigenvalue weighted by Crippen LogP contribution is 2.28. The third-order valence-electron chi connectivity index (χ3n) is 3.51. The van der Waals surface area contributed by atoms with E-state index in [1.807, 2.05) is 0 Å². The Morgan fingerprint density at radius 3 is 3.12 bits per heavy atom. The van der Waals surface area contributed by atoms with Gasteiger partial charge in [0.25, 0.3) is 0 Å². The first-order chi connectivity index (χ1) is 8.42. The fourth-order valence-corrected chi connectivity index (χ4v) is 2.56. The number of hydrogen-bond acceptors (Lipinski definition) is 3. The molecule has 1 atom stereocenters. The maximum Gasteiger partial charge on any atom is 0.122 e. The van der Waals surface area contributed by atoms with Crippen LogP contribution in [-0.2, 0) is 11.2 Å². The predicted octanol–water partition coefficient (Wildman–Crippen LogP) is 2.60. The minimum atomic E-state index is 0.554. The summed E-state index contributed by atoms with van der Waals surface area (Å²) in [7, 11) is 0. The molecule has 0 aromatic heterocycles. The van der Waals surface area contributed by atoms with E-state index in [-0.39, 0.29) is 0 Å². The monoisotopic (exact) mass is 233 g/mol. The van der Waals surface area contributed by atoms with Crippen LogP contribution in [0.25, 0.3) is 0 Å². The molecule has 1 unspecified atom stereocenters. The van der Waals surface area contributed by atoms with Crippen LogP contribution in [-0.4, -0.2) is 25.9 Å². The van der Waals surface area contributed by atoms with Gasteiger partial charge < -0.3 is 14.8 Å². The summed E-state index contributed by atoms with van der Waals surface area (Å²) in [6.07, 6.45) is 4.51. The van der Waals surface area contributed by atoms with E-state index in [2.05, 4.69) is 23.5 Å². The zero-order valence-electron chi connectivity index (χ0n) is 10.1. The van der Waals surface area contributed by atoms with E-state index >= 15 is 0 Å². The first kappa shape index (κ1) is 10.9. The van der Waals surface area contributed by atoms with Gasteiger partial charge in [0.15, 0.2) is 0 Å². The van der Waals surface area contributed by atoms with Crippen molar-refractivity contribution in [2.45, 2.75) is 31.7 Å². The van der Waals surface area contributed by atoms with Crippen LogP contribution in [0.1, 0.15) is 24.8 Å². The van der Waals surface area contributed by atoms with Crippen LogP contribution in [0.4, 0.5) is 5.69 Å². The summed E-state index contributed by atoms with van der Waals surface area (Å²) >= 11 is 0. The van der Waals surface area contributed by atoms with Crippen molar-refractivity contribution in [2.75, 3.05) is 25.1 Å². The quantitative estimate of drug-likeness (QED) is 0.851. The molecule has 1 aromatic rings. The van der Waals surface area contributed by atoms with Crippen molar-refractivity contribution < 1.29 is 9.47 Å². The highest BCUT2D eigenvalue weighted by Gasteiger charge is 2.15. The second-order valence-electron chi connectivity index (χ2n) is 4.81. The van der Waals surface area contributed by atoms with Crippen LogP contribution in [0.3, 0.4) is 0 Å². The van der Waals surface area contributed by atoms with Crippen LogP contribution < -0.4 is 10.1 Å². The van der Waals surface area contributed by atoms with Crippen molar-refractivity contribution in [1.29, 1.82) is 0 Å². The van der Waals surface area contributed by atoms with Gasteiger partial charge in [-0.3, -0.25) is 0 Å². The van der Waals surface area contributed by atoms with E-state index in [9.17, 15) is 0 Å². The Morgan fingerprint density at radius 1 is 1.12 bits per heavy atom. The Kier molecular flexibility index (Phi) is 3.18. The van der Waals surface area contributed by atoms with Crippen molar-refractivity contribution >= 4 is 5.69 Å². The lowest BCUT2D eigenvalue weighted by Gasteiger charge is -2.17. The highest BCUT2D eigenvalue weighted by molar-refractivity contribution is 5.52. The number of rotatable bonds is 2. The molecular weight excluding hydrogens is 214 g/mol. The fraction of sp³-hybridized carbons (Fsp3) is 0.571. The van der Waals surface area contributed by atoms with E-state index in [0.717, 1.165) is 44.8 Å². The Hall–Kier alpha value is -1.22. The van der Waals surface area contributed by atoms with E-state index < -0.39 is 0 Å². The molecule has 0 bridgehead atoms. The average molecular weight is 233 g/mol. The molecule has 0 aliphatic carbocycles. The first-order valence-electron chi connectivity index (χ1n) is 6.52. The second-order valence-corrected chi connectivity index (χ2v) is 4.81. The Labute approximate surface area is 102 Å². The molecule has 1 saturated heterocycles. The minimum absolute atomic E-state index is 0.554. The van der Waals surface area contributed by atoms with Gasteiger partial charge in [0.05, 0.1) is 6.61 Å². The van der Waals surface area contributed by atoms with Crippen LogP contribution in [0.5, 0.6) is 5.75 Å². The molecule has 1 aromatic carbocycles. The van der Waals surface area contributed by atoms with Gasteiger partial charge in [-0.2, -0.15) is 0 Å². The van der Waals surface area contributed by atoms with Gasteiger partial charge in [0.2, 0.25) is 0 Å². The summed E-state index contributed by atoms with van der Waals surface area (Å²) in [4.78, 5) is 0. The summed E-state index contributed by atoms with van der Waals surface area (Å²) in [6, 6.07) is 6.99. The average Bonchev–Trinajstić information content (AvgIpc) is 2.65. The number of ether oxygens (including phenoxy) is 2. The van der Waals surface area contributed by atoms with Crippen molar-refractivity contribution in [3.63, 3.8) is 0 Å². The molecule has 0 amide bonds. The number of anilines is 1. The number of hydrogen-bond donors (Lipinski definition) is 1. The maximum absolute atomic E-state index is 5.52.